The van der Waals surface area contributed by atoms with E-state index in [1.54, 1.807) is 4.90 Å². The van der Waals surface area contributed by atoms with Gasteiger partial charge in [0.1, 0.15) is 0 Å². The molecule has 0 aliphatic heterocycles. The van der Waals surface area contributed by atoms with E-state index in [4.69, 9.17) is 5.11 Å². The van der Waals surface area contributed by atoms with Crippen LogP contribution in [0.25, 0.3) is 0 Å². The monoisotopic (exact) mass is 270 g/mol. The van der Waals surface area contributed by atoms with Crippen LogP contribution < -0.4 is 5.32 Å². The van der Waals surface area contributed by atoms with E-state index in [9.17, 15) is 9.59 Å². The highest BCUT2D eigenvalue weighted by molar-refractivity contribution is 5.80. The van der Waals surface area contributed by atoms with Gasteiger partial charge in [0.25, 0.3) is 0 Å². The quantitative estimate of drug-likeness (QED) is 0.711. The van der Waals surface area contributed by atoms with Crippen LogP contribution in [0, 0.1) is 11.3 Å². The Labute approximate surface area is 115 Å². The van der Waals surface area contributed by atoms with Gasteiger partial charge in [-0.1, -0.05) is 26.7 Å². The van der Waals surface area contributed by atoms with Gasteiger partial charge in [0.15, 0.2) is 0 Å². The van der Waals surface area contributed by atoms with E-state index in [1.165, 1.54) is 0 Å². The highest BCUT2D eigenvalue weighted by atomic mass is 16.4. The van der Waals surface area contributed by atoms with E-state index in [0.717, 1.165) is 19.4 Å². The average molecular weight is 270 g/mol. The fourth-order valence-electron chi connectivity index (χ4n) is 2.19. The number of carboxylic acid groups (broad SMARTS) is 1. The van der Waals surface area contributed by atoms with Crippen LogP contribution in [0.4, 0.5) is 4.79 Å². The molecule has 1 rings (SSSR count). The van der Waals surface area contributed by atoms with Gasteiger partial charge in [0.05, 0.1) is 5.41 Å². The standard InChI is InChI=1S/C14H26N2O3/c1-4-11(5-2)9-16(6-3)13(19)15-10-14(7-8-14)12(17)18/h11H,4-10H2,1-3H3,(H,15,19)(H,17,18). The molecule has 0 radical (unpaired) electrons. The normalized spacial score (nSPS) is 16.2. The first kappa shape index (κ1) is 15.8. The first-order chi connectivity index (χ1) is 8.99. The van der Waals surface area contributed by atoms with Gasteiger partial charge in [-0.25, -0.2) is 4.79 Å². The number of urea groups is 1. The number of carbonyl (C=O) groups is 2. The van der Waals surface area contributed by atoms with Gasteiger partial charge in [0.2, 0.25) is 0 Å². The van der Waals surface area contributed by atoms with Crippen molar-refractivity contribution in [2.24, 2.45) is 11.3 Å². The molecule has 1 aliphatic rings. The molecule has 5 nitrogen and oxygen atoms in total. The molecule has 0 aromatic rings. The number of carboxylic acids is 1. The zero-order chi connectivity index (χ0) is 14.5. The zero-order valence-corrected chi connectivity index (χ0v) is 12.2. The van der Waals surface area contributed by atoms with Crippen molar-refractivity contribution < 1.29 is 14.7 Å². The van der Waals surface area contributed by atoms with Crippen LogP contribution in [0.2, 0.25) is 0 Å². The zero-order valence-electron chi connectivity index (χ0n) is 12.2. The lowest BCUT2D eigenvalue weighted by Gasteiger charge is -2.26. The summed E-state index contributed by atoms with van der Waals surface area (Å²) >= 11 is 0. The van der Waals surface area contributed by atoms with Crippen LogP contribution in [0.3, 0.4) is 0 Å². The summed E-state index contributed by atoms with van der Waals surface area (Å²) in [7, 11) is 0. The third-order valence-corrected chi connectivity index (χ3v) is 4.19. The Hall–Kier alpha value is -1.26. The van der Waals surface area contributed by atoms with Crippen LogP contribution in [0.15, 0.2) is 0 Å². The molecule has 0 aromatic carbocycles. The summed E-state index contributed by atoms with van der Waals surface area (Å²) in [5, 5.41) is 11.8. The summed E-state index contributed by atoms with van der Waals surface area (Å²) in [5.41, 5.74) is -0.690. The Morgan fingerprint density at radius 3 is 2.21 bits per heavy atom. The molecular weight excluding hydrogens is 244 g/mol. The summed E-state index contributed by atoms with van der Waals surface area (Å²) in [6.07, 6.45) is 3.45. The van der Waals surface area contributed by atoms with Crippen molar-refractivity contribution in [3.05, 3.63) is 0 Å². The predicted octanol–water partition coefficient (Wildman–Crippen LogP) is 2.32. The van der Waals surface area contributed by atoms with Crippen molar-refractivity contribution in [3.8, 4) is 0 Å². The third-order valence-electron chi connectivity index (χ3n) is 4.19. The van der Waals surface area contributed by atoms with Gasteiger partial charge in [0, 0.05) is 19.6 Å². The largest absolute Gasteiger partial charge is 0.481 e. The van der Waals surface area contributed by atoms with Gasteiger partial charge >= 0.3 is 12.0 Å². The van der Waals surface area contributed by atoms with Crippen molar-refractivity contribution in [2.75, 3.05) is 19.6 Å². The molecule has 0 heterocycles. The second-order valence-electron chi connectivity index (χ2n) is 5.47. The van der Waals surface area contributed by atoms with Gasteiger partial charge in [-0.15, -0.1) is 0 Å². The summed E-state index contributed by atoms with van der Waals surface area (Å²) < 4.78 is 0. The van der Waals surface area contributed by atoms with Crippen molar-refractivity contribution >= 4 is 12.0 Å². The lowest BCUT2D eigenvalue weighted by molar-refractivity contribution is -0.143. The highest BCUT2D eigenvalue weighted by Gasteiger charge is 2.50. The SMILES string of the molecule is CCC(CC)CN(CC)C(=O)NCC1(C(=O)O)CC1. The van der Waals surface area contributed by atoms with Crippen LogP contribution in [0.1, 0.15) is 46.5 Å². The minimum absolute atomic E-state index is 0.137. The highest BCUT2D eigenvalue weighted by Crippen LogP contribution is 2.45. The fourth-order valence-corrected chi connectivity index (χ4v) is 2.19. The third kappa shape index (κ3) is 4.11. The van der Waals surface area contributed by atoms with Gasteiger partial charge in [-0.05, 0) is 25.7 Å². The van der Waals surface area contributed by atoms with E-state index in [1.807, 2.05) is 6.92 Å². The van der Waals surface area contributed by atoms with Crippen molar-refractivity contribution in [1.82, 2.24) is 10.2 Å². The smallest absolute Gasteiger partial charge is 0.317 e. The maximum absolute atomic E-state index is 12.1. The van der Waals surface area contributed by atoms with E-state index in [0.29, 0.717) is 25.3 Å². The van der Waals surface area contributed by atoms with Crippen LogP contribution >= 0.6 is 0 Å². The summed E-state index contributed by atoms with van der Waals surface area (Å²) in [6, 6.07) is -0.137. The van der Waals surface area contributed by atoms with Crippen LogP contribution in [-0.4, -0.2) is 41.6 Å². The van der Waals surface area contributed by atoms with Crippen LogP contribution in [0.5, 0.6) is 0 Å². The molecule has 0 aromatic heterocycles. The number of rotatable bonds is 8. The topological polar surface area (TPSA) is 69.6 Å². The summed E-state index contributed by atoms with van der Waals surface area (Å²) in [6.45, 7) is 7.86. The molecule has 0 bridgehead atoms. The van der Waals surface area contributed by atoms with Gasteiger partial charge in [-0.2, -0.15) is 0 Å². The second kappa shape index (κ2) is 6.78. The molecule has 19 heavy (non-hydrogen) atoms. The minimum Gasteiger partial charge on any atom is -0.481 e. The number of hydrogen-bond donors (Lipinski definition) is 2. The average Bonchev–Trinajstić information content (AvgIpc) is 3.19. The van der Waals surface area contributed by atoms with E-state index in [-0.39, 0.29) is 12.6 Å². The Balaban J connectivity index is 2.44. The minimum atomic E-state index is -0.796. The first-order valence-electron chi connectivity index (χ1n) is 7.25. The Bertz CT molecular complexity index is 323. The molecule has 110 valence electrons. The number of nitrogens with zero attached hydrogens (tertiary/aromatic N) is 1. The molecule has 2 amide bonds. The summed E-state index contributed by atoms with van der Waals surface area (Å²) in [5.74, 6) is -0.282. The molecule has 2 N–H and O–H groups in total. The predicted molar refractivity (Wildman–Crippen MR) is 74.0 cm³/mol. The molecular formula is C14H26N2O3. The fraction of sp³-hybridized carbons (Fsp3) is 0.857. The first-order valence-corrected chi connectivity index (χ1v) is 7.25. The van der Waals surface area contributed by atoms with E-state index < -0.39 is 11.4 Å². The molecule has 1 saturated carbocycles. The maximum atomic E-state index is 12.1. The van der Waals surface area contributed by atoms with Gasteiger partial charge in [-0.3, -0.25) is 4.79 Å². The number of carbonyl (C=O) groups excluding carboxylic acids is 1. The Morgan fingerprint density at radius 2 is 1.84 bits per heavy atom. The molecule has 1 aliphatic carbocycles. The number of amides is 2. The molecule has 0 unspecified atom stereocenters. The summed E-state index contributed by atoms with van der Waals surface area (Å²) in [4.78, 5) is 24.9. The van der Waals surface area contributed by atoms with Crippen molar-refractivity contribution in [1.29, 1.82) is 0 Å². The molecule has 5 heteroatoms. The lowest BCUT2D eigenvalue weighted by Crippen LogP contribution is -2.45. The number of aliphatic carboxylic acids is 1. The molecule has 0 atom stereocenters. The maximum Gasteiger partial charge on any atom is 0.317 e. The van der Waals surface area contributed by atoms with Crippen molar-refractivity contribution in [3.63, 3.8) is 0 Å². The Kier molecular flexibility index (Phi) is 5.63. The lowest BCUT2D eigenvalue weighted by atomic mass is 10.0. The Morgan fingerprint density at radius 1 is 1.26 bits per heavy atom. The van der Waals surface area contributed by atoms with E-state index >= 15 is 0 Å². The van der Waals surface area contributed by atoms with Crippen LogP contribution in [-0.2, 0) is 4.79 Å². The molecule has 1 fully saturated rings. The number of nitrogens with one attached hydrogen (secondary N) is 1. The number of hydrogen-bond acceptors (Lipinski definition) is 2. The molecule has 0 saturated heterocycles. The molecule has 0 spiro atoms. The van der Waals surface area contributed by atoms with E-state index in [2.05, 4.69) is 19.2 Å². The second-order valence-corrected chi connectivity index (χ2v) is 5.47. The van der Waals surface area contributed by atoms with Gasteiger partial charge < -0.3 is 15.3 Å². The van der Waals surface area contributed by atoms with Crippen molar-refractivity contribution in [2.45, 2.75) is 46.5 Å².